The molecule has 0 N–H and O–H groups in total. The van der Waals surface area contributed by atoms with Crippen LogP contribution in [0.3, 0.4) is 0 Å². The molecule has 0 unspecified atom stereocenters. The van der Waals surface area contributed by atoms with Crippen molar-refractivity contribution in [1.82, 2.24) is 14.7 Å². The number of carbonyl (C=O) groups excluding carboxylic acids is 1. The fourth-order valence-corrected chi connectivity index (χ4v) is 5.54. The van der Waals surface area contributed by atoms with Crippen LogP contribution in [0, 0.1) is 0 Å². The first kappa shape index (κ1) is 27.1. The molecular weight excluding hydrogens is 498 g/mol. The van der Waals surface area contributed by atoms with Gasteiger partial charge in [0.15, 0.2) is 0 Å². The van der Waals surface area contributed by atoms with E-state index in [4.69, 9.17) is 22.1 Å². The summed E-state index contributed by atoms with van der Waals surface area (Å²) >= 11 is 6.96. The van der Waals surface area contributed by atoms with E-state index in [-0.39, 0.29) is 5.91 Å². The summed E-state index contributed by atoms with van der Waals surface area (Å²) in [6.07, 6.45) is 12.0. The molecule has 0 bridgehead atoms. The highest BCUT2D eigenvalue weighted by atomic mass is 32.2. The maximum absolute atomic E-state index is 13.3. The van der Waals surface area contributed by atoms with Gasteiger partial charge in [0.2, 0.25) is 0 Å². The Morgan fingerprint density at radius 2 is 1.68 bits per heavy atom. The van der Waals surface area contributed by atoms with Crippen molar-refractivity contribution >= 4 is 40.3 Å². The molecule has 0 aliphatic carbocycles. The average molecular weight is 534 g/mol. The number of amides is 1. The highest BCUT2D eigenvalue weighted by Gasteiger charge is 2.32. The second-order valence-corrected chi connectivity index (χ2v) is 10.9. The number of para-hydroxylation sites is 1. The van der Waals surface area contributed by atoms with Gasteiger partial charge in [-0.2, -0.15) is 5.10 Å². The van der Waals surface area contributed by atoms with Crippen molar-refractivity contribution in [2.24, 2.45) is 0 Å². The Bertz CT molecular complexity index is 1220. The van der Waals surface area contributed by atoms with E-state index < -0.39 is 0 Å². The van der Waals surface area contributed by atoms with E-state index in [0.29, 0.717) is 22.4 Å². The van der Waals surface area contributed by atoms with Crippen molar-refractivity contribution in [2.45, 2.75) is 58.8 Å². The quantitative estimate of drug-likeness (QED) is 0.127. The van der Waals surface area contributed by atoms with Crippen LogP contribution in [0.25, 0.3) is 23.0 Å². The maximum atomic E-state index is 13.3. The molecular formula is C30H35N3O2S2. The van der Waals surface area contributed by atoms with Crippen molar-refractivity contribution in [1.29, 1.82) is 0 Å². The zero-order chi connectivity index (χ0) is 26.0. The Morgan fingerprint density at radius 3 is 2.41 bits per heavy atom. The molecule has 1 amide bonds. The van der Waals surface area contributed by atoms with Crippen LogP contribution in [0.5, 0.6) is 5.75 Å². The summed E-state index contributed by atoms with van der Waals surface area (Å²) in [4.78, 5) is 15.7. The maximum Gasteiger partial charge on any atom is 0.266 e. The predicted molar refractivity (Wildman–Crippen MR) is 158 cm³/mol. The topological polar surface area (TPSA) is 47.4 Å². The zero-order valence-corrected chi connectivity index (χ0v) is 23.3. The second-order valence-electron chi connectivity index (χ2n) is 9.19. The molecule has 0 saturated carbocycles. The normalized spacial score (nSPS) is 14.6. The predicted octanol–water partition coefficient (Wildman–Crippen LogP) is 7.89. The fraction of sp³-hybridized carbons (Fsp3) is 0.367. The lowest BCUT2D eigenvalue weighted by atomic mass is 10.1. The van der Waals surface area contributed by atoms with Crippen molar-refractivity contribution < 1.29 is 9.53 Å². The van der Waals surface area contributed by atoms with Crippen LogP contribution in [0.4, 0.5) is 0 Å². The van der Waals surface area contributed by atoms with E-state index >= 15 is 0 Å². The van der Waals surface area contributed by atoms with Crippen LogP contribution >= 0.6 is 24.0 Å². The molecule has 194 valence electrons. The van der Waals surface area contributed by atoms with Gasteiger partial charge in [-0.3, -0.25) is 9.69 Å². The monoisotopic (exact) mass is 533 g/mol. The molecule has 7 heteroatoms. The van der Waals surface area contributed by atoms with Gasteiger partial charge in [0, 0.05) is 23.9 Å². The van der Waals surface area contributed by atoms with Gasteiger partial charge in [-0.1, -0.05) is 88.1 Å². The Kier molecular flexibility index (Phi) is 9.97. The summed E-state index contributed by atoms with van der Waals surface area (Å²) in [6, 6.07) is 18.0. The molecule has 1 aromatic heterocycles. The number of ether oxygens (including phenoxy) is 1. The molecule has 1 aliphatic heterocycles. The summed E-state index contributed by atoms with van der Waals surface area (Å²) in [5.74, 6) is 0.829. The summed E-state index contributed by atoms with van der Waals surface area (Å²) < 4.78 is 8.25. The minimum Gasteiger partial charge on any atom is -0.494 e. The first-order chi connectivity index (χ1) is 18.1. The number of nitrogens with zero attached hydrogens (tertiary/aromatic N) is 3. The molecule has 1 saturated heterocycles. The summed E-state index contributed by atoms with van der Waals surface area (Å²) in [7, 11) is 0. The third-order valence-corrected chi connectivity index (χ3v) is 7.64. The van der Waals surface area contributed by atoms with E-state index in [1.54, 1.807) is 4.90 Å². The number of benzene rings is 2. The molecule has 5 nitrogen and oxygen atoms in total. The lowest BCUT2D eigenvalue weighted by Crippen LogP contribution is -2.29. The van der Waals surface area contributed by atoms with Crippen molar-refractivity contribution in [3.05, 3.63) is 71.3 Å². The lowest BCUT2D eigenvalue weighted by molar-refractivity contribution is -0.122. The fourth-order valence-electron chi connectivity index (χ4n) is 4.24. The molecule has 0 radical (unpaired) electrons. The van der Waals surface area contributed by atoms with E-state index in [9.17, 15) is 4.79 Å². The molecule has 0 atom stereocenters. The van der Waals surface area contributed by atoms with Crippen LogP contribution in [0.2, 0.25) is 0 Å². The van der Waals surface area contributed by atoms with E-state index in [2.05, 4.69) is 13.8 Å². The largest absolute Gasteiger partial charge is 0.494 e. The third-order valence-electron chi connectivity index (χ3n) is 6.26. The van der Waals surface area contributed by atoms with Crippen molar-refractivity contribution in [3.63, 3.8) is 0 Å². The number of aromatic nitrogens is 2. The highest BCUT2D eigenvalue weighted by Crippen LogP contribution is 2.35. The molecule has 3 aromatic rings. The Hall–Kier alpha value is -2.90. The highest BCUT2D eigenvalue weighted by molar-refractivity contribution is 8.26. The summed E-state index contributed by atoms with van der Waals surface area (Å²) in [5.41, 5.74) is 3.62. The molecule has 2 heterocycles. The van der Waals surface area contributed by atoms with Crippen LogP contribution in [-0.4, -0.2) is 38.1 Å². The van der Waals surface area contributed by atoms with Gasteiger partial charge in [-0.15, -0.1) is 0 Å². The van der Waals surface area contributed by atoms with E-state index in [0.717, 1.165) is 47.5 Å². The average Bonchev–Trinajstić information content (AvgIpc) is 3.46. The second kappa shape index (κ2) is 13.6. The third kappa shape index (κ3) is 7.11. The zero-order valence-electron chi connectivity index (χ0n) is 21.7. The van der Waals surface area contributed by atoms with Gasteiger partial charge in [0.05, 0.1) is 22.9 Å². The summed E-state index contributed by atoms with van der Waals surface area (Å²) in [6.45, 7) is 5.68. The Morgan fingerprint density at radius 1 is 0.946 bits per heavy atom. The van der Waals surface area contributed by atoms with Crippen LogP contribution in [0.1, 0.15) is 64.4 Å². The number of hydrogen-bond acceptors (Lipinski definition) is 5. The van der Waals surface area contributed by atoms with Gasteiger partial charge in [-0.25, -0.2) is 4.68 Å². The molecule has 2 aromatic carbocycles. The minimum absolute atomic E-state index is 0.00900. The lowest BCUT2D eigenvalue weighted by Gasteiger charge is -2.13. The number of carbonyl (C=O) groups is 1. The summed E-state index contributed by atoms with van der Waals surface area (Å²) in [5, 5.41) is 4.90. The van der Waals surface area contributed by atoms with Gasteiger partial charge < -0.3 is 4.74 Å². The molecule has 1 aliphatic rings. The van der Waals surface area contributed by atoms with Crippen molar-refractivity contribution in [3.8, 4) is 22.7 Å². The van der Waals surface area contributed by atoms with Crippen LogP contribution in [-0.2, 0) is 4.79 Å². The molecule has 0 spiro atoms. The van der Waals surface area contributed by atoms with E-state index in [1.807, 2.05) is 71.6 Å². The SMILES string of the molecule is CCCCCCCCN1C(=O)/C(=C/c2cn(-c3ccccc3)nc2-c2ccc(OCCC)cc2)SC1=S. The van der Waals surface area contributed by atoms with Gasteiger partial charge >= 0.3 is 0 Å². The van der Waals surface area contributed by atoms with Gasteiger partial charge in [0.1, 0.15) is 10.1 Å². The van der Waals surface area contributed by atoms with Crippen LogP contribution < -0.4 is 4.74 Å². The van der Waals surface area contributed by atoms with E-state index in [1.165, 1.54) is 37.4 Å². The number of hydrogen-bond donors (Lipinski definition) is 0. The Balaban J connectivity index is 1.57. The number of thioether (sulfide) groups is 1. The van der Waals surface area contributed by atoms with Crippen molar-refractivity contribution in [2.75, 3.05) is 13.2 Å². The van der Waals surface area contributed by atoms with Gasteiger partial charge in [-0.05, 0) is 55.3 Å². The standard InChI is InChI=1S/C30H35N3O2S2/c1-3-5-6-7-8-12-19-32-29(34)27(37-30(32)36)21-24-22-33(25-13-10-9-11-14-25)31-28(24)23-15-17-26(18-16-23)35-20-4-2/h9-11,13-18,21-22H,3-8,12,19-20H2,1-2H3/b27-21-. The Labute approximate surface area is 229 Å². The minimum atomic E-state index is -0.00900. The number of thiocarbonyl (C=S) groups is 1. The first-order valence-corrected chi connectivity index (χ1v) is 14.5. The smallest absolute Gasteiger partial charge is 0.266 e. The first-order valence-electron chi connectivity index (χ1n) is 13.2. The number of rotatable bonds is 13. The molecule has 37 heavy (non-hydrogen) atoms. The van der Waals surface area contributed by atoms with Gasteiger partial charge in [0.25, 0.3) is 5.91 Å². The molecule has 1 fully saturated rings. The molecule has 4 rings (SSSR count). The van der Waals surface area contributed by atoms with Crippen LogP contribution in [0.15, 0.2) is 65.7 Å². The number of unbranched alkanes of at least 4 members (excludes halogenated alkanes) is 5.